The summed E-state index contributed by atoms with van der Waals surface area (Å²) in [5.41, 5.74) is 2.21. The highest BCUT2D eigenvalue weighted by Crippen LogP contribution is 2.29. The first-order valence-electron chi connectivity index (χ1n) is 8.44. The molecule has 1 aromatic rings. The number of hydrogen-bond donors (Lipinski definition) is 1. The van der Waals surface area contributed by atoms with Crippen LogP contribution in [0.2, 0.25) is 0 Å². The van der Waals surface area contributed by atoms with Crippen molar-refractivity contribution in [3.8, 4) is 0 Å². The second-order valence-electron chi connectivity index (χ2n) is 7.55. The average molecular weight is 344 g/mol. The Balaban J connectivity index is 1.57. The molecule has 2 amide bonds. The predicted molar refractivity (Wildman–Crippen MR) is 92.8 cm³/mol. The number of benzene rings is 1. The molecule has 0 saturated carbocycles. The van der Waals surface area contributed by atoms with Gasteiger partial charge in [0, 0.05) is 26.2 Å². The van der Waals surface area contributed by atoms with Gasteiger partial charge in [-0.1, -0.05) is 30.3 Å². The van der Waals surface area contributed by atoms with E-state index in [1.54, 1.807) is 34.1 Å². The van der Waals surface area contributed by atoms with Gasteiger partial charge in [0.15, 0.2) is 6.10 Å². The Labute approximate surface area is 147 Å². The Morgan fingerprint density at radius 1 is 1.00 bits per heavy atom. The SMILES string of the molecule is CC(C)(C)OC(=O)N1CC2=C(C1)CN(C(=O)[C@H](O)c1ccccc1)C2. The summed E-state index contributed by atoms with van der Waals surface area (Å²) < 4.78 is 5.40. The largest absolute Gasteiger partial charge is 0.444 e. The molecule has 2 aliphatic heterocycles. The summed E-state index contributed by atoms with van der Waals surface area (Å²) in [5.74, 6) is -0.301. The van der Waals surface area contributed by atoms with E-state index < -0.39 is 11.7 Å². The number of aliphatic hydroxyl groups excluding tert-OH is 1. The van der Waals surface area contributed by atoms with Crippen LogP contribution in [0.25, 0.3) is 0 Å². The standard InChI is InChI=1S/C19H24N2O4/c1-19(2,3)25-18(24)21-11-14-9-20(10-15(14)12-21)17(23)16(22)13-7-5-4-6-8-13/h4-8,16,22H,9-12H2,1-3H3/t16-/m1/s1. The summed E-state index contributed by atoms with van der Waals surface area (Å²) in [4.78, 5) is 28.0. The number of aliphatic hydroxyl groups is 1. The molecule has 1 N–H and O–H groups in total. The quantitative estimate of drug-likeness (QED) is 0.834. The number of amides is 2. The Morgan fingerprint density at radius 3 is 2.04 bits per heavy atom. The summed E-state index contributed by atoms with van der Waals surface area (Å²) in [6.45, 7) is 7.40. The normalized spacial score (nSPS) is 18.4. The second-order valence-corrected chi connectivity index (χ2v) is 7.55. The van der Waals surface area contributed by atoms with Crippen molar-refractivity contribution in [1.82, 2.24) is 9.80 Å². The van der Waals surface area contributed by atoms with Crippen molar-refractivity contribution in [2.75, 3.05) is 26.2 Å². The number of carbonyl (C=O) groups is 2. The van der Waals surface area contributed by atoms with Crippen LogP contribution < -0.4 is 0 Å². The van der Waals surface area contributed by atoms with Gasteiger partial charge in [0.05, 0.1) is 0 Å². The molecule has 1 aromatic carbocycles. The van der Waals surface area contributed by atoms with Crippen molar-refractivity contribution in [2.45, 2.75) is 32.5 Å². The molecule has 0 aromatic heterocycles. The van der Waals surface area contributed by atoms with Crippen molar-refractivity contribution in [1.29, 1.82) is 0 Å². The number of nitrogens with zero attached hydrogens (tertiary/aromatic N) is 2. The molecule has 134 valence electrons. The molecule has 6 heteroatoms. The summed E-state index contributed by atoms with van der Waals surface area (Å²) in [5, 5.41) is 10.3. The highest BCUT2D eigenvalue weighted by molar-refractivity contribution is 5.83. The zero-order chi connectivity index (χ0) is 18.2. The third kappa shape index (κ3) is 3.85. The Bertz CT molecular complexity index is 688. The van der Waals surface area contributed by atoms with Gasteiger partial charge in [-0.15, -0.1) is 0 Å². The molecule has 0 saturated heterocycles. The zero-order valence-corrected chi connectivity index (χ0v) is 14.9. The fourth-order valence-corrected chi connectivity index (χ4v) is 3.14. The zero-order valence-electron chi connectivity index (χ0n) is 14.9. The summed E-state index contributed by atoms with van der Waals surface area (Å²) in [6.07, 6.45) is -1.48. The Kier molecular flexibility index (Phi) is 4.56. The molecule has 0 bridgehead atoms. The van der Waals surface area contributed by atoms with E-state index in [2.05, 4.69) is 0 Å². The molecular weight excluding hydrogens is 320 g/mol. The smallest absolute Gasteiger partial charge is 0.410 e. The van der Waals surface area contributed by atoms with Gasteiger partial charge in [-0.3, -0.25) is 4.79 Å². The first kappa shape index (κ1) is 17.5. The summed E-state index contributed by atoms with van der Waals surface area (Å²) in [7, 11) is 0. The fourth-order valence-electron chi connectivity index (χ4n) is 3.14. The van der Waals surface area contributed by atoms with E-state index >= 15 is 0 Å². The third-order valence-electron chi connectivity index (χ3n) is 4.34. The number of rotatable bonds is 2. The first-order valence-corrected chi connectivity index (χ1v) is 8.44. The van der Waals surface area contributed by atoms with Crippen molar-refractivity contribution >= 4 is 12.0 Å². The van der Waals surface area contributed by atoms with E-state index in [-0.39, 0.29) is 12.0 Å². The molecular formula is C19H24N2O4. The van der Waals surface area contributed by atoms with Crippen LogP contribution in [-0.2, 0) is 9.53 Å². The molecule has 3 rings (SSSR count). The number of carbonyl (C=O) groups excluding carboxylic acids is 2. The van der Waals surface area contributed by atoms with Crippen LogP contribution in [0.3, 0.4) is 0 Å². The fraction of sp³-hybridized carbons (Fsp3) is 0.474. The van der Waals surface area contributed by atoms with Gasteiger partial charge in [-0.05, 0) is 37.5 Å². The van der Waals surface area contributed by atoms with Crippen molar-refractivity contribution in [2.24, 2.45) is 0 Å². The monoisotopic (exact) mass is 344 g/mol. The highest BCUT2D eigenvalue weighted by Gasteiger charge is 2.37. The van der Waals surface area contributed by atoms with E-state index in [0.717, 1.165) is 11.1 Å². The van der Waals surface area contributed by atoms with Gasteiger partial charge < -0.3 is 19.6 Å². The molecule has 25 heavy (non-hydrogen) atoms. The highest BCUT2D eigenvalue weighted by atomic mass is 16.6. The van der Waals surface area contributed by atoms with Crippen LogP contribution in [0.1, 0.15) is 32.4 Å². The van der Waals surface area contributed by atoms with Gasteiger partial charge in [0.1, 0.15) is 5.60 Å². The molecule has 0 aliphatic carbocycles. The minimum atomic E-state index is -1.15. The molecule has 0 fully saturated rings. The maximum absolute atomic E-state index is 12.5. The third-order valence-corrected chi connectivity index (χ3v) is 4.34. The number of ether oxygens (including phenoxy) is 1. The molecule has 2 aliphatic rings. The Hall–Kier alpha value is -2.34. The van der Waals surface area contributed by atoms with Crippen LogP contribution in [-0.4, -0.2) is 58.7 Å². The Morgan fingerprint density at radius 2 is 1.52 bits per heavy atom. The van der Waals surface area contributed by atoms with Crippen molar-refractivity contribution < 1.29 is 19.4 Å². The predicted octanol–water partition coefficient (Wildman–Crippen LogP) is 2.11. The minimum absolute atomic E-state index is 0.301. The van der Waals surface area contributed by atoms with Crippen molar-refractivity contribution in [3.63, 3.8) is 0 Å². The van der Waals surface area contributed by atoms with Crippen LogP contribution in [0.5, 0.6) is 0 Å². The molecule has 0 spiro atoms. The first-order chi connectivity index (χ1) is 11.7. The van der Waals surface area contributed by atoms with Crippen LogP contribution in [0.4, 0.5) is 4.79 Å². The molecule has 0 radical (unpaired) electrons. The summed E-state index contributed by atoms with van der Waals surface area (Å²) >= 11 is 0. The van der Waals surface area contributed by atoms with Crippen LogP contribution in [0.15, 0.2) is 41.5 Å². The lowest BCUT2D eigenvalue weighted by molar-refractivity contribution is -0.139. The van der Waals surface area contributed by atoms with Gasteiger partial charge in [-0.2, -0.15) is 0 Å². The average Bonchev–Trinajstić information content (AvgIpc) is 3.11. The lowest BCUT2D eigenvalue weighted by Crippen LogP contribution is -2.40. The van der Waals surface area contributed by atoms with E-state index in [0.29, 0.717) is 31.7 Å². The van der Waals surface area contributed by atoms with E-state index in [4.69, 9.17) is 4.74 Å². The van der Waals surface area contributed by atoms with Gasteiger partial charge >= 0.3 is 6.09 Å². The van der Waals surface area contributed by atoms with Gasteiger partial charge in [0.25, 0.3) is 5.91 Å². The topological polar surface area (TPSA) is 70.1 Å². The minimum Gasteiger partial charge on any atom is -0.444 e. The van der Waals surface area contributed by atoms with Crippen molar-refractivity contribution in [3.05, 3.63) is 47.0 Å². The molecule has 2 heterocycles. The lowest BCUT2D eigenvalue weighted by atomic mass is 10.1. The van der Waals surface area contributed by atoms with Gasteiger partial charge in [0.2, 0.25) is 0 Å². The lowest BCUT2D eigenvalue weighted by Gasteiger charge is -2.27. The van der Waals surface area contributed by atoms with E-state index in [1.165, 1.54) is 0 Å². The molecule has 0 unspecified atom stereocenters. The van der Waals surface area contributed by atoms with Crippen LogP contribution >= 0.6 is 0 Å². The second kappa shape index (κ2) is 6.52. The molecule has 6 nitrogen and oxygen atoms in total. The number of hydrogen-bond acceptors (Lipinski definition) is 4. The van der Waals surface area contributed by atoms with E-state index in [1.807, 2.05) is 26.8 Å². The van der Waals surface area contributed by atoms with Crippen LogP contribution in [0, 0.1) is 0 Å². The molecule has 1 atom stereocenters. The van der Waals surface area contributed by atoms with Gasteiger partial charge in [-0.25, -0.2) is 4.79 Å². The maximum atomic E-state index is 12.5. The van der Waals surface area contributed by atoms with E-state index in [9.17, 15) is 14.7 Å². The maximum Gasteiger partial charge on any atom is 0.410 e. The summed E-state index contributed by atoms with van der Waals surface area (Å²) in [6, 6.07) is 8.92.